The Morgan fingerprint density at radius 3 is 2.68 bits per heavy atom. The predicted molar refractivity (Wildman–Crippen MR) is 86.4 cm³/mol. The summed E-state index contributed by atoms with van der Waals surface area (Å²) >= 11 is 0. The SMILES string of the molecule is CCC[C@@H](NC(N)=O)C(=O)NC1CC(C)(C)c2ccccc21. The van der Waals surface area contributed by atoms with Gasteiger partial charge in [0.2, 0.25) is 5.91 Å². The highest BCUT2D eigenvalue weighted by Crippen LogP contribution is 2.44. The Morgan fingerprint density at radius 1 is 1.36 bits per heavy atom. The lowest BCUT2D eigenvalue weighted by molar-refractivity contribution is -0.123. The molecule has 22 heavy (non-hydrogen) atoms. The summed E-state index contributed by atoms with van der Waals surface area (Å²) < 4.78 is 0. The molecule has 1 unspecified atom stereocenters. The van der Waals surface area contributed by atoms with E-state index in [1.54, 1.807) is 0 Å². The Kier molecular flexibility index (Phi) is 4.74. The minimum atomic E-state index is -0.666. The minimum Gasteiger partial charge on any atom is -0.352 e. The lowest BCUT2D eigenvalue weighted by Crippen LogP contribution is -2.49. The minimum absolute atomic E-state index is 0.0206. The maximum atomic E-state index is 12.5. The normalized spacial score (nSPS) is 20.0. The van der Waals surface area contributed by atoms with E-state index in [1.165, 1.54) is 5.56 Å². The van der Waals surface area contributed by atoms with Crippen LogP contribution in [0.15, 0.2) is 24.3 Å². The Balaban J connectivity index is 2.13. The summed E-state index contributed by atoms with van der Waals surface area (Å²) in [6.07, 6.45) is 2.23. The van der Waals surface area contributed by atoms with Crippen LogP contribution >= 0.6 is 0 Å². The molecule has 0 spiro atoms. The van der Waals surface area contributed by atoms with E-state index in [4.69, 9.17) is 5.73 Å². The van der Waals surface area contributed by atoms with Gasteiger partial charge in [0, 0.05) is 0 Å². The van der Waals surface area contributed by atoms with E-state index in [-0.39, 0.29) is 17.4 Å². The average molecular weight is 303 g/mol. The largest absolute Gasteiger partial charge is 0.352 e. The molecule has 2 rings (SSSR count). The van der Waals surface area contributed by atoms with Crippen LogP contribution in [0.1, 0.15) is 57.2 Å². The lowest BCUT2D eigenvalue weighted by atomic mass is 9.86. The molecule has 120 valence electrons. The van der Waals surface area contributed by atoms with Crippen molar-refractivity contribution in [1.29, 1.82) is 0 Å². The Labute approximate surface area is 131 Å². The van der Waals surface area contributed by atoms with Crippen LogP contribution in [0, 0.1) is 0 Å². The molecule has 0 aromatic heterocycles. The highest BCUT2D eigenvalue weighted by Gasteiger charge is 2.37. The summed E-state index contributed by atoms with van der Waals surface area (Å²) in [7, 11) is 0. The second kappa shape index (κ2) is 6.38. The van der Waals surface area contributed by atoms with Gasteiger partial charge in [0.15, 0.2) is 0 Å². The maximum absolute atomic E-state index is 12.5. The number of primary amides is 1. The molecule has 1 aromatic rings. The number of rotatable bonds is 5. The number of hydrogen-bond acceptors (Lipinski definition) is 2. The van der Waals surface area contributed by atoms with E-state index in [2.05, 4.69) is 36.6 Å². The molecule has 1 aromatic carbocycles. The van der Waals surface area contributed by atoms with Crippen LogP contribution in [0.5, 0.6) is 0 Å². The number of fused-ring (bicyclic) bond motifs is 1. The molecule has 4 N–H and O–H groups in total. The summed E-state index contributed by atoms with van der Waals surface area (Å²) in [6, 6.07) is 6.94. The molecule has 3 amide bonds. The fourth-order valence-electron chi connectivity index (χ4n) is 3.28. The van der Waals surface area contributed by atoms with Crippen molar-refractivity contribution in [2.75, 3.05) is 0 Å². The van der Waals surface area contributed by atoms with Crippen LogP contribution in [-0.4, -0.2) is 18.0 Å². The summed E-state index contributed by atoms with van der Waals surface area (Å²) in [5.41, 5.74) is 7.63. The van der Waals surface area contributed by atoms with Gasteiger partial charge in [-0.2, -0.15) is 0 Å². The first kappa shape index (κ1) is 16.3. The number of urea groups is 1. The zero-order valence-electron chi connectivity index (χ0n) is 13.5. The van der Waals surface area contributed by atoms with Crippen LogP contribution in [-0.2, 0) is 10.2 Å². The van der Waals surface area contributed by atoms with Crippen LogP contribution in [0.3, 0.4) is 0 Å². The molecule has 0 heterocycles. The van der Waals surface area contributed by atoms with Gasteiger partial charge in [0.1, 0.15) is 6.04 Å². The molecule has 0 aliphatic heterocycles. The molecule has 0 bridgehead atoms. The first-order valence-corrected chi connectivity index (χ1v) is 7.81. The summed E-state index contributed by atoms with van der Waals surface area (Å²) in [5, 5.41) is 5.60. The number of nitrogens with one attached hydrogen (secondary N) is 2. The van der Waals surface area contributed by atoms with Crippen LogP contribution in [0.25, 0.3) is 0 Å². The average Bonchev–Trinajstić information content (AvgIpc) is 2.70. The van der Waals surface area contributed by atoms with Gasteiger partial charge in [0.05, 0.1) is 6.04 Å². The molecule has 5 heteroatoms. The predicted octanol–water partition coefficient (Wildman–Crippen LogP) is 2.36. The van der Waals surface area contributed by atoms with E-state index in [0.29, 0.717) is 6.42 Å². The van der Waals surface area contributed by atoms with Crippen LogP contribution < -0.4 is 16.4 Å². The van der Waals surface area contributed by atoms with Crippen molar-refractivity contribution in [1.82, 2.24) is 10.6 Å². The molecule has 0 saturated carbocycles. The quantitative estimate of drug-likeness (QED) is 0.780. The number of carbonyl (C=O) groups is 2. The lowest BCUT2D eigenvalue weighted by Gasteiger charge is -2.22. The third-order valence-corrected chi connectivity index (χ3v) is 4.31. The maximum Gasteiger partial charge on any atom is 0.312 e. The topological polar surface area (TPSA) is 84.2 Å². The van der Waals surface area contributed by atoms with E-state index in [1.807, 2.05) is 19.1 Å². The van der Waals surface area contributed by atoms with E-state index >= 15 is 0 Å². The second-order valence-electron chi connectivity index (χ2n) is 6.59. The van der Waals surface area contributed by atoms with Crippen LogP contribution in [0.4, 0.5) is 4.79 Å². The number of nitrogens with two attached hydrogens (primary N) is 1. The molecule has 0 saturated heterocycles. The number of amides is 3. The van der Waals surface area contributed by atoms with Crippen molar-refractivity contribution in [3.63, 3.8) is 0 Å². The highest BCUT2D eigenvalue weighted by atomic mass is 16.2. The molecular weight excluding hydrogens is 278 g/mol. The van der Waals surface area contributed by atoms with Gasteiger partial charge in [-0.25, -0.2) is 4.79 Å². The fourth-order valence-corrected chi connectivity index (χ4v) is 3.28. The Morgan fingerprint density at radius 2 is 2.05 bits per heavy atom. The van der Waals surface area contributed by atoms with Gasteiger partial charge < -0.3 is 16.4 Å². The molecule has 1 aliphatic rings. The van der Waals surface area contributed by atoms with Gasteiger partial charge >= 0.3 is 6.03 Å². The highest BCUT2D eigenvalue weighted by molar-refractivity contribution is 5.86. The third kappa shape index (κ3) is 3.40. The molecule has 0 fully saturated rings. The van der Waals surface area contributed by atoms with Crippen LogP contribution in [0.2, 0.25) is 0 Å². The molecule has 1 aliphatic carbocycles. The number of hydrogen-bond donors (Lipinski definition) is 3. The van der Waals surface area contributed by atoms with Crippen molar-refractivity contribution in [2.45, 2.75) is 57.5 Å². The first-order chi connectivity index (χ1) is 10.3. The van der Waals surface area contributed by atoms with E-state index in [0.717, 1.165) is 18.4 Å². The Hall–Kier alpha value is -2.04. The Bertz CT molecular complexity index is 569. The second-order valence-corrected chi connectivity index (χ2v) is 6.59. The van der Waals surface area contributed by atoms with Gasteiger partial charge in [-0.3, -0.25) is 4.79 Å². The summed E-state index contributed by atoms with van der Waals surface area (Å²) in [5.74, 6) is -0.168. The summed E-state index contributed by atoms with van der Waals surface area (Å²) in [4.78, 5) is 23.5. The van der Waals surface area contributed by atoms with Gasteiger partial charge in [0.25, 0.3) is 0 Å². The van der Waals surface area contributed by atoms with E-state index < -0.39 is 12.1 Å². The zero-order chi connectivity index (χ0) is 16.3. The van der Waals surface area contributed by atoms with Crippen molar-refractivity contribution in [2.24, 2.45) is 5.73 Å². The smallest absolute Gasteiger partial charge is 0.312 e. The van der Waals surface area contributed by atoms with Crippen molar-refractivity contribution >= 4 is 11.9 Å². The summed E-state index contributed by atoms with van der Waals surface area (Å²) in [6.45, 7) is 6.34. The van der Waals surface area contributed by atoms with Gasteiger partial charge in [-0.1, -0.05) is 51.5 Å². The van der Waals surface area contributed by atoms with Crippen molar-refractivity contribution < 1.29 is 9.59 Å². The molecule has 0 radical (unpaired) electrons. The molecule has 2 atom stereocenters. The van der Waals surface area contributed by atoms with Gasteiger partial charge in [-0.15, -0.1) is 0 Å². The standard InChI is InChI=1S/C17H25N3O2/c1-4-7-13(20-16(18)22)15(21)19-14-10-17(2,3)12-9-6-5-8-11(12)14/h5-6,8-9,13-14H,4,7,10H2,1-3H3,(H,19,21)(H3,18,20,22)/t13-,14?/m1/s1. The first-order valence-electron chi connectivity index (χ1n) is 7.81. The molecule has 5 nitrogen and oxygen atoms in total. The van der Waals surface area contributed by atoms with Crippen molar-refractivity contribution in [3.05, 3.63) is 35.4 Å². The number of benzene rings is 1. The zero-order valence-corrected chi connectivity index (χ0v) is 13.5. The third-order valence-electron chi connectivity index (χ3n) is 4.31. The monoisotopic (exact) mass is 303 g/mol. The van der Waals surface area contributed by atoms with Crippen molar-refractivity contribution in [3.8, 4) is 0 Å². The van der Waals surface area contributed by atoms with E-state index in [9.17, 15) is 9.59 Å². The number of carbonyl (C=O) groups excluding carboxylic acids is 2. The van der Waals surface area contributed by atoms with Gasteiger partial charge in [-0.05, 0) is 29.4 Å². The fraction of sp³-hybridized carbons (Fsp3) is 0.529. The molecular formula is C17H25N3O2.